The van der Waals surface area contributed by atoms with Gasteiger partial charge in [-0.3, -0.25) is 0 Å². The van der Waals surface area contributed by atoms with Crippen LogP contribution in [0.15, 0.2) is 54.6 Å². The van der Waals surface area contributed by atoms with Gasteiger partial charge in [-0.05, 0) is 29.7 Å². The Bertz CT molecular complexity index is 412. The molecule has 2 aromatic carbocycles. The molecule has 0 aliphatic carbocycles. The number of hydrogen-bond acceptors (Lipinski definition) is 1. The molecular weight excluding hydrogens is 263 g/mol. The molecule has 0 aliphatic heterocycles. The van der Waals surface area contributed by atoms with Crippen LogP contribution in [0.3, 0.4) is 0 Å². The zero-order chi connectivity index (χ0) is 9.80. The fourth-order valence-electron chi connectivity index (χ4n) is 1.50. The molecule has 0 aromatic heterocycles. The first-order valence-corrected chi connectivity index (χ1v) is 4.66. The van der Waals surface area contributed by atoms with Gasteiger partial charge >= 0.3 is 0 Å². The van der Waals surface area contributed by atoms with E-state index in [0.29, 0.717) is 5.75 Å². The Labute approximate surface area is 109 Å². The Balaban J connectivity index is 0.00000112. The third kappa shape index (κ3) is 3.64. The van der Waals surface area contributed by atoms with Gasteiger partial charge in [0.15, 0.2) is 0 Å². The maximum Gasteiger partial charge on any atom is 0.115 e. The number of phenols is 1. The predicted octanol–water partition coefficient (Wildman–Crippen LogP) is 2.98. The van der Waals surface area contributed by atoms with Crippen LogP contribution in [0, 0.1) is 0 Å². The molecule has 0 saturated carbocycles. The molecule has 15 heavy (non-hydrogen) atoms. The van der Waals surface area contributed by atoms with Crippen LogP contribution in [0.5, 0.6) is 5.75 Å². The second-order valence-corrected chi connectivity index (χ2v) is 3.33. The normalized spacial score (nSPS) is 9.33. The van der Waals surface area contributed by atoms with Crippen molar-refractivity contribution in [2.24, 2.45) is 0 Å². The van der Waals surface area contributed by atoms with Crippen molar-refractivity contribution in [3.05, 3.63) is 65.7 Å². The Kier molecular flexibility index (Phi) is 4.77. The van der Waals surface area contributed by atoms with Crippen LogP contribution in [0.4, 0.5) is 0 Å². The molecular formula is C13H12OZr. The molecule has 2 aromatic rings. The van der Waals surface area contributed by atoms with E-state index in [1.165, 1.54) is 5.56 Å². The summed E-state index contributed by atoms with van der Waals surface area (Å²) in [7, 11) is 0. The molecule has 0 bridgehead atoms. The molecule has 0 unspecified atom stereocenters. The van der Waals surface area contributed by atoms with Gasteiger partial charge in [-0.1, -0.05) is 42.5 Å². The van der Waals surface area contributed by atoms with Gasteiger partial charge in [0, 0.05) is 26.2 Å². The van der Waals surface area contributed by atoms with E-state index in [0.717, 1.165) is 12.0 Å². The van der Waals surface area contributed by atoms with Crippen molar-refractivity contribution >= 4 is 0 Å². The van der Waals surface area contributed by atoms with E-state index >= 15 is 0 Å². The minimum atomic E-state index is 0. The standard InChI is InChI=1S/C13H12O.Zr/c14-13-8-4-7-12(10-13)9-11-5-2-1-3-6-11;/h1-8,10,14H,9H2;. The van der Waals surface area contributed by atoms with E-state index < -0.39 is 0 Å². The summed E-state index contributed by atoms with van der Waals surface area (Å²) in [5.41, 5.74) is 2.40. The molecule has 0 spiro atoms. The molecule has 2 heteroatoms. The van der Waals surface area contributed by atoms with Gasteiger partial charge in [0.05, 0.1) is 0 Å². The quantitative estimate of drug-likeness (QED) is 0.893. The van der Waals surface area contributed by atoms with Crippen LogP contribution in [0.1, 0.15) is 11.1 Å². The van der Waals surface area contributed by atoms with E-state index in [-0.39, 0.29) is 26.2 Å². The molecule has 0 aliphatic rings. The second-order valence-electron chi connectivity index (χ2n) is 3.33. The maximum atomic E-state index is 9.29. The predicted molar refractivity (Wildman–Crippen MR) is 57.4 cm³/mol. The summed E-state index contributed by atoms with van der Waals surface area (Å²) in [6.45, 7) is 0. The number of hydrogen-bond donors (Lipinski definition) is 1. The van der Waals surface area contributed by atoms with E-state index in [9.17, 15) is 5.11 Å². The number of benzene rings is 2. The SMILES string of the molecule is Oc1cccc(Cc2ccccc2)c1.[Zr]. The van der Waals surface area contributed by atoms with Crippen molar-refractivity contribution in [3.63, 3.8) is 0 Å². The third-order valence-electron chi connectivity index (χ3n) is 2.16. The zero-order valence-electron chi connectivity index (χ0n) is 8.35. The molecule has 0 amide bonds. The number of aromatic hydroxyl groups is 1. The van der Waals surface area contributed by atoms with Crippen molar-refractivity contribution in [3.8, 4) is 5.75 Å². The van der Waals surface area contributed by atoms with Gasteiger partial charge in [-0.2, -0.15) is 0 Å². The second kappa shape index (κ2) is 5.87. The van der Waals surface area contributed by atoms with Gasteiger partial charge < -0.3 is 5.11 Å². The smallest absolute Gasteiger partial charge is 0.115 e. The summed E-state index contributed by atoms with van der Waals surface area (Å²) in [6, 6.07) is 17.6. The summed E-state index contributed by atoms with van der Waals surface area (Å²) >= 11 is 0. The summed E-state index contributed by atoms with van der Waals surface area (Å²) in [4.78, 5) is 0. The molecule has 74 valence electrons. The Morgan fingerprint density at radius 3 is 2.13 bits per heavy atom. The van der Waals surface area contributed by atoms with Gasteiger partial charge in [0.1, 0.15) is 5.75 Å². The van der Waals surface area contributed by atoms with Gasteiger partial charge in [0.25, 0.3) is 0 Å². The van der Waals surface area contributed by atoms with Crippen molar-refractivity contribution in [1.29, 1.82) is 0 Å². The molecule has 0 saturated heterocycles. The summed E-state index contributed by atoms with van der Waals surface area (Å²) in [5.74, 6) is 0.332. The molecule has 1 nitrogen and oxygen atoms in total. The van der Waals surface area contributed by atoms with Crippen molar-refractivity contribution in [2.45, 2.75) is 6.42 Å². The van der Waals surface area contributed by atoms with Crippen LogP contribution in [0.25, 0.3) is 0 Å². The van der Waals surface area contributed by atoms with E-state index in [1.807, 2.05) is 30.3 Å². The number of rotatable bonds is 2. The largest absolute Gasteiger partial charge is 0.508 e. The first-order chi connectivity index (χ1) is 6.84. The molecule has 0 fully saturated rings. The van der Waals surface area contributed by atoms with Crippen LogP contribution in [-0.4, -0.2) is 5.11 Å². The maximum absolute atomic E-state index is 9.29. The molecule has 0 radical (unpaired) electrons. The molecule has 0 heterocycles. The first-order valence-electron chi connectivity index (χ1n) is 4.66. The number of phenolic OH excluding ortho intramolecular Hbond substituents is 1. The van der Waals surface area contributed by atoms with Crippen molar-refractivity contribution in [1.82, 2.24) is 0 Å². The van der Waals surface area contributed by atoms with Crippen LogP contribution < -0.4 is 0 Å². The monoisotopic (exact) mass is 274 g/mol. The van der Waals surface area contributed by atoms with Gasteiger partial charge in [-0.25, -0.2) is 0 Å². The third-order valence-corrected chi connectivity index (χ3v) is 2.16. The van der Waals surface area contributed by atoms with E-state index in [4.69, 9.17) is 0 Å². The summed E-state index contributed by atoms with van der Waals surface area (Å²) < 4.78 is 0. The summed E-state index contributed by atoms with van der Waals surface area (Å²) in [6.07, 6.45) is 0.870. The average Bonchev–Trinajstić information content (AvgIpc) is 2.19. The minimum Gasteiger partial charge on any atom is -0.508 e. The van der Waals surface area contributed by atoms with Crippen molar-refractivity contribution < 1.29 is 31.3 Å². The fraction of sp³-hybridized carbons (Fsp3) is 0.0769. The fourth-order valence-corrected chi connectivity index (χ4v) is 1.50. The van der Waals surface area contributed by atoms with E-state index in [1.54, 1.807) is 12.1 Å². The van der Waals surface area contributed by atoms with Crippen LogP contribution in [0.2, 0.25) is 0 Å². The van der Waals surface area contributed by atoms with Gasteiger partial charge in [0.2, 0.25) is 0 Å². The average molecular weight is 275 g/mol. The Morgan fingerprint density at radius 2 is 1.47 bits per heavy atom. The Hall–Kier alpha value is -0.877. The first kappa shape index (κ1) is 12.2. The molecule has 1 N–H and O–H groups in total. The van der Waals surface area contributed by atoms with E-state index in [2.05, 4.69) is 12.1 Å². The van der Waals surface area contributed by atoms with Crippen molar-refractivity contribution in [2.75, 3.05) is 0 Å². The van der Waals surface area contributed by atoms with Gasteiger partial charge in [-0.15, -0.1) is 0 Å². The Morgan fingerprint density at radius 1 is 0.800 bits per heavy atom. The topological polar surface area (TPSA) is 20.2 Å². The molecule has 2 rings (SSSR count). The van der Waals surface area contributed by atoms with Crippen LogP contribution in [-0.2, 0) is 32.6 Å². The molecule has 0 atom stereocenters. The zero-order valence-corrected chi connectivity index (χ0v) is 10.8. The minimum absolute atomic E-state index is 0. The van der Waals surface area contributed by atoms with Crippen LogP contribution >= 0.6 is 0 Å². The summed E-state index contributed by atoms with van der Waals surface area (Å²) in [5, 5.41) is 9.29.